The summed E-state index contributed by atoms with van der Waals surface area (Å²) in [6, 6.07) is 0. The van der Waals surface area contributed by atoms with Crippen LogP contribution in [0.4, 0.5) is 13.2 Å². The van der Waals surface area contributed by atoms with Crippen LogP contribution in [0.2, 0.25) is 0 Å². The molecular weight excluding hydrogens is 261 g/mol. The second-order valence-electron chi connectivity index (χ2n) is 4.26. The van der Waals surface area contributed by atoms with Crippen molar-refractivity contribution in [3.8, 4) is 0 Å². The molecule has 1 rings (SSSR count). The minimum Gasteiger partial charge on any atom is -0.481 e. The number of hydrogen-bond donors (Lipinski definition) is 1. The molecule has 0 amide bonds. The highest BCUT2D eigenvalue weighted by molar-refractivity contribution is 7.91. The maximum atomic E-state index is 12.0. The molecule has 0 aromatic carbocycles. The van der Waals surface area contributed by atoms with Gasteiger partial charge in [-0.2, -0.15) is 13.2 Å². The summed E-state index contributed by atoms with van der Waals surface area (Å²) in [5.41, 5.74) is 0. The Kier molecular flexibility index (Phi) is 4.06. The number of hydrogen-bond acceptors (Lipinski definition) is 3. The zero-order valence-electron chi connectivity index (χ0n) is 8.90. The van der Waals surface area contributed by atoms with Crippen LogP contribution in [0.3, 0.4) is 0 Å². The van der Waals surface area contributed by atoms with Crippen LogP contribution in [0.25, 0.3) is 0 Å². The van der Waals surface area contributed by atoms with Crippen LogP contribution in [0.5, 0.6) is 0 Å². The number of sulfone groups is 1. The van der Waals surface area contributed by atoms with Crippen molar-refractivity contribution in [1.29, 1.82) is 0 Å². The number of alkyl halides is 3. The summed E-state index contributed by atoms with van der Waals surface area (Å²) < 4.78 is 58.3. The van der Waals surface area contributed by atoms with Crippen LogP contribution in [0.15, 0.2) is 0 Å². The molecule has 2 atom stereocenters. The van der Waals surface area contributed by atoms with E-state index in [0.29, 0.717) is 0 Å². The van der Waals surface area contributed by atoms with Crippen LogP contribution in [-0.2, 0) is 14.6 Å². The number of carboxylic acid groups (broad SMARTS) is 1. The van der Waals surface area contributed by atoms with Crippen molar-refractivity contribution in [3.05, 3.63) is 0 Å². The summed E-state index contributed by atoms with van der Waals surface area (Å²) in [6.45, 7) is 0. The summed E-state index contributed by atoms with van der Waals surface area (Å²) in [4.78, 5) is 10.9. The first-order valence-electron chi connectivity index (χ1n) is 5.11. The molecule has 1 fully saturated rings. The normalized spacial score (nSPS) is 25.7. The summed E-state index contributed by atoms with van der Waals surface area (Å²) in [7, 11) is -3.27. The quantitative estimate of drug-likeness (QED) is 0.842. The van der Waals surface area contributed by atoms with E-state index >= 15 is 0 Å². The highest BCUT2D eigenvalue weighted by Crippen LogP contribution is 2.32. The Morgan fingerprint density at radius 1 is 1.41 bits per heavy atom. The van der Waals surface area contributed by atoms with Gasteiger partial charge in [0.25, 0.3) is 0 Å². The third kappa shape index (κ3) is 4.53. The number of rotatable bonds is 4. The minimum absolute atomic E-state index is 0.131. The highest BCUT2D eigenvalue weighted by Gasteiger charge is 2.39. The minimum atomic E-state index is -4.41. The van der Waals surface area contributed by atoms with Gasteiger partial charge in [-0.25, -0.2) is 8.42 Å². The molecule has 0 aliphatic carbocycles. The molecule has 0 radical (unpaired) electrons. The van der Waals surface area contributed by atoms with Crippen molar-refractivity contribution in [3.63, 3.8) is 0 Å². The Balaban J connectivity index is 2.65. The standard InChI is InChI=1S/C9H13F3O4S/c10-9(11,12)3-1-7(8(13)14)6-2-4-17(15,16)5-6/h6-7H,1-5H2,(H,13,14). The molecule has 4 nitrogen and oxygen atoms in total. The third-order valence-corrected chi connectivity index (χ3v) is 4.69. The van der Waals surface area contributed by atoms with Gasteiger partial charge in [-0.05, 0) is 18.8 Å². The lowest BCUT2D eigenvalue weighted by molar-refractivity contribution is -0.150. The topological polar surface area (TPSA) is 71.4 Å². The molecule has 0 bridgehead atoms. The Labute approximate surface area is 96.7 Å². The summed E-state index contributed by atoms with van der Waals surface area (Å²) in [5, 5.41) is 8.84. The fourth-order valence-corrected chi connectivity index (χ4v) is 3.90. The lowest BCUT2D eigenvalue weighted by Crippen LogP contribution is -2.26. The Bertz CT molecular complexity index is 388. The second-order valence-corrected chi connectivity index (χ2v) is 6.49. The fraction of sp³-hybridized carbons (Fsp3) is 0.889. The molecule has 0 aromatic heterocycles. The van der Waals surface area contributed by atoms with Crippen LogP contribution in [-0.4, -0.2) is 37.2 Å². The smallest absolute Gasteiger partial charge is 0.389 e. The van der Waals surface area contributed by atoms with E-state index in [1.165, 1.54) is 0 Å². The van der Waals surface area contributed by atoms with E-state index in [1.54, 1.807) is 0 Å². The van der Waals surface area contributed by atoms with E-state index in [1.807, 2.05) is 0 Å². The fourth-order valence-electron chi connectivity index (χ4n) is 2.02. The zero-order chi connectivity index (χ0) is 13.3. The second kappa shape index (κ2) is 4.83. The SMILES string of the molecule is O=C(O)C(CCC(F)(F)F)C1CCS(=O)(=O)C1. The number of aliphatic carboxylic acids is 1. The predicted molar refractivity (Wildman–Crippen MR) is 53.2 cm³/mol. The predicted octanol–water partition coefficient (Wildman–Crippen LogP) is 1.46. The lowest BCUT2D eigenvalue weighted by Gasteiger charge is -2.18. The van der Waals surface area contributed by atoms with E-state index < -0.39 is 46.7 Å². The van der Waals surface area contributed by atoms with Gasteiger partial charge in [-0.15, -0.1) is 0 Å². The van der Waals surface area contributed by atoms with Gasteiger partial charge in [0.1, 0.15) is 0 Å². The van der Waals surface area contributed by atoms with Gasteiger partial charge in [0.2, 0.25) is 0 Å². The Morgan fingerprint density at radius 2 is 2.00 bits per heavy atom. The molecule has 100 valence electrons. The van der Waals surface area contributed by atoms with Crippen LogP contribution in [0, 0.1) is 11.8 Å². The first kappa shape index (κ1) is 14.3. The van der Waals surface area contributed by atoms with Gasteiger partial charge in [0.15, 0.2) is 9.84 Å². The molecule has 1 aliphatic rings. The number of carbonyl (C=O) groups is 1. The van der Waals surface area contributed by atoms with Gasteiger partial charge in [-0.3, -0.25) is 4.79 Å². The van der Waals surface area contributed by atoms with Crippen molar-refractivity contribution in [1.82, 2.24) is 0 Å². The maximum absolute atomic E-state index is 12.0. The van der Waals surface area contributed by atoms with Crippen LogP contribution >= 0.6 is 0 Å². The van der Waals surface area contributed by atoms with Gasteiger partial charge in [0.05, 0.1) is 17.4 Å². The molecule has 17 heavy (non-hydrogen) atoms. The summed E-state index contributed by atoms with van der Waals surface area (Å²) in [5.74, 6) is -3.72. The van der Waals surface area contributed by atoms with E-state index in [2.05, 4.69) is 0 Å². The molecule has 2 unspecified atom stereocenters. The summed E-state index contributed by atoms with van der Waals surface area (Å²) >= 11 is 0. The molecule has 0 saturated carbocycles. The van der Waals surface area contributed by atoms with Crippen molar-refractivity contribution in [2.45, 2.75) is 25.4 Å². The van der Waals surface area contributed by atoms with Gasteiger partial charge in [0, 0.05) is 6.42 Å². The molecule has 1 saturated heterocycles. The largest absolute Gasteiger partial charge is 0.481 e. The number of carboxylic acids is 1. The molecular formula is C9H13F3O4S. The average molecular weight is 274 g/mol. The molecule has 1 N–H and O–H groups in total. The first-order chi connectivity index (χ1) is 7.61. The van der Waals surface area contributed by atoms with Gasteiger partial charge in [-0.1, -0.05) is 0 Å². The van der Waals surface area contributed by atoms with Crippen molar-refractivity contribution in [2.75, 3.05) is 11.5 Å². The average Bonchev–Trinajstić information content (AvgIpc) is 2.43. The van der Waals surface area contributed by atoms with Gasteiger partial charge >= 0.3 is 12.1 Å². The van der Waals surface area contributed by atoms with Gasteiger partial charge < -0.3 is 5.11 Å². The van der Waals surface area contributed by atoms with Crippen molar-refractivity contribution >= 4 is 15.8 Å². The molecule has 0 spiro atoms. The van der Waals surface area contributed by atoms with Crippen LogP contribution in [0.1, 0.15) is 19.3 Å². The summed E-state index contributed by atoms with van der Waals surface area (Å²) in [6.07, 6.45) is -6.03. The van der Waals surface area contributed by atoms with E-state index in [4.69, 9.17) is 5.11 Å². The zero-order valence-corrected chi connectivity index (χ0v) is 9.72. The highest BCUT2D eigenvalue weighted by atomic mass is 32.2. The van der Waals surface area contributed by atoms with Crippen molar-refractivity contribution in [2.24, 2.45) is 11.8 Å². The first-order valence-corrected chi connectivity index (χ1v) is 6.93. The molecule has 0 aromatic rings. The van der Waals surface area contributed by atoms with E-state index in [-0.39, 0.29) is 17.9 Å². The van der Waals surface area contributed by atoms with E-state index in [0.717, 1.165) is 0 Å². The molecule has 1 aliphatic heterocycles. The Hall–Kier alpha value is -0.790. The maximum Gasteiger partial charge on any atom is 0.389 e. The third-order valence-electron chi connectivity index (χ3n) is 2.89. The lowest BCUT2D eigenvalue weighted by atomic mass is 9.88. The molecule has 1 heterocycles. The Morgan fingerprint density at radius 3 is 2.35 bits per heavy atom. The van der Waals surface area contributed by atoms with Crippen LogP contribution < -0.4 is 0 Å². The monoisotopic (exact) mass is 274 g/mol. The van der Waals surface area contributed by atoms with Crippen molar-refractivity contribution < 1.29 is 31.5 Å². The molecule has 8 heteroatoms. The van der Waals surface area contributed by atoms with E-state index in [9.17, 15) is 26.4 Å². The number of halogens is 3.